The molecule has 3 atom stereocenters. The van der Waals surface area contributed by atoms with Crippen LogP contribution >= 0.6 is 0 Å². The molecule has 2 heteroatoms. The fraction of sp³-hybridized carbons (Fsp3) is 1.00. The Kier molecular flexibility index (Phi) is 3.52. The van der Waals surface area contributed by atoms with Crippen LogP contribution in [0.2, 0.25) is 0 Å². The lowest BCUT2D eigenvalue weighted by Gasteiger charge is -2.57. The van der Waals surface area contributed by atoms with Gasteiger partial charge in [-0.3, -0.25) is 0 Å². The van der Waals surface area contributed by atoms with E-state index in [1.54, 1.807) is 0 Å². The summed E-state index contributed by atoms with van der Waals surface area (Å²) in [4.78, 5) is 0. The van der Waals surface area contributed by atoms with Gasteiger partial charge in [-0.2, -0.15) is 0 Å². The van der Waals surface area contributed by atoms with E-state index in [4.69, 9.17) is 11.5 Å². The Hall–Kier alpha value is -0.0800. The molecule has 0 spiro atoms. The number of hydrogen-bond acceptors (Lipinski definition) is 2. The molecule has 0 radical (unpaired) electrons. The zero-order chi connectivity index (χ0) is 11.9. The first kappa shape index (κ1) is 13.0. The predicted octanol–water partition coefficient (Wildman–Crippen LogP) is 2.37. The summed E-state index contributed by atoms with van der Waals surface area (Å²) in [5.74, 6) is 1.15. The Morgan fingerprint density at radius 3 is 2.20 bits per heavy atom. The molecule has 1 rings (SSSR count). The normalized spacial score (nSPS) is 32.2. The van der Waals surface area contributed by atoms with E-state index >= 15 is 0 Å². The fourth-order valence-corrected chi connectivity index (χ4v) is 3.35. The molecule has 0 amide bonds. The fourth-order valence-electron chi connectivity index (χ4n) is 3.35. The van der Waals surface area contributed by atoms with E-state index in [-0.39, 0.29) is 0 Å². The zero-order valence-electron chi connectivity index (χ0n) is 11.0. The van der Waals surface area contributed by atoms with Gasteiger partial charge in [0.05, 0.1) is 0 Å². The Morgan fingerprint density at radius 2 is 1.93 bits per heavy atom. The van der Waals surface area contributed by atoms with E-state index in [9.17, 15) is 0 Å². The molecule has 15 heavy (non-hydrogen) atoms. The maximum absolute atomic E-state index is 6.17. The summed E-state index contributed by atoms with van der Waals surface area (Å²) in [7, 11) is 0. The maximum atomic E-state index is 6.17. The van der Waals surface area contributed by atoms with Gasteiger partial charge in [0.1, 0.15) is 0 Å². The van der Waals surface area contributed by atoms with Crippen LogP contribution in [0.25, 0.3) is 0 Å². The van der Waals surface area contributed by atoms with E-state index < -0.39 is 0 Å². The smallest absolute Gasteiger partial charge is 0.00807 e. The topological polar surface area (TPSA) is 52.0 Å². The van der Waals surface area contributed by atoms with Gasteiger partial charge in [0, 0.05) is 6.04 Å². The quantitative estimate of drug-likeness (QED) is 0.751. The second-order valence-electron chi connectivity index (χ2n) is 6.57. The first-order chi connectivity index (χ1) is 6.76. The van der Waals surface area contributed by atoms with Crippen molar-refractivity contribution in [2.75, 3.05) is 6.54 Å². The minimum atomic E-state index is 0.314. The number of nitrogens with two attached hydrogens (primary N) is 2. The van der Waals surface area contributed by atoms with Gasteiger partial charge in [0.15, 0.2) is 0 Å². The average molecular weight is 212 g/mol. The van der Waals surface area contributed by atoms with E-state index in [0.29, 0.717) is 28.7 Å². The molecule has 0 saturated heterocycles. The highest BCUT2D eigenvalue weighted by molar-refractivity contribution is 5.04. The molecule has 0 aliphatic heterocycles. The number of hydrogen-bond donors (Lipinski definition) is 2. The summed E-state index contributed by atoms with van der Waals surface area (Å²) >= 11 is 0. The second kappa shape index (κ2) is 4.06. The van der Waals surface area contributed by atoms with Crippen molar-refractivity contribution in [3.8, 4) is 0 Å². The van der Waals surface area contributed by atoms with Gasteiger partial charge in [-0.15, -0.1) is 0 Å². The summed E-state index contributed by atoms with van der Waals surface area (Å²) in [6, 6.07) is 0.361. The molecule has 1 saturated carbocycles. The Balaban J connectivity index is 2.83. The summed E-state index contributed by atoms with van der Waals surface area (Å²) in [5.41, 5.74) is 12.8. The van der Waals surface area contributed by atoms with E-state index in [1.165, 1.54) is 6.42 Å². The molecule has 0 aromatic heterocycles. The Bertz CT molecular complexity index is 221. The molecule has 90 valence electrons. The minimum Gasteiger partial charge on any atom is -0.330 e. The van der Waals surface area contributed by atoms with Crippen LogP contribution in [0, 0.1) is 22.7 Å². The molecule has 1 fully saturated rings. The third-order valence-corrected chi connectivity index (χ3v) is 4.73. The van der Waals surface area contributed by atoms with Crippen LogP contribution in [0.15, 0.2) is 0 Å². The highest BCUT2D eigenvalue weighted by Crippen LogP contribution is 2.53. The van der Waals surface area contributed by atoms with Gasteiger partial charge in [-0.25, -0.2) is 0 Å². The van der Waals surface area contributed by atoms with Crippen LogP contribution < -0.4 is 11.5 Å². The summed E-state index contributed by atoms with van der Waals surface area (Å²) in [6.45, 7) is 12.3. The van der Waals surface area contributed by atoms with Crippen LogP contribution in [0.3, 0.4) is 0 Å². The van der Waals surface area contributed by atoms with Crippen molar-refractivity contribution in [1.82, 2.24) is 0 Å². The van der Waals surface area contributed by atoms with Gasteiger partial charge < -0.3 is 11.5 Å². The summed E-state index contributed by atoms with van der Waals surface area (Å²) in [6.07, 6.45) is 2.32. The molecule has 4 N–H and O–H groups in total. The molecule has 1 aliphatic carbocycles. The van der Waals surface area contributed by atoms with Crippen molar-refractivity contribution < 1.29 is 0 Å². The van der Waals surface area contributed by atoms with Crippen molar-refractivity contribution in [2.24, 2.45) is 34.1 Å². The molecule has 0 heterocycles. The van der Waals surface area contributed by atoms with Crippen LogP contribution in [-0.2, 0) is 0 Å². The van der Waals surface area contributed by atoms with Crippen molar-refractivity contribution in [3.63, 3.8) is 0 Å². The largest absolute Gasteiger partial charge is 0.330 e. The Labute approximate surface area is 94.8 Å². The Morgan fingerprint density at radius 1 is 1.40 bits per heavy atom. The van der Waals surface area contributed by atoms with Gasteiger partial charge in [0.2, 0.25) is 0 Å². The van der Waals surface area contributed by atoms with Crippen LogP contribution in [0.4, 0.5) is 0 Å². The summed E-state index contributed by atoms with van der Waals surface area (Å²) in [5, 5.41) is 0. The van der Waals surface area contributed by atoms with Crippen molar-refractivity contribution in [2.45, 2.75) is 53.5 Å². The van der Waals surface area contributed by atoms with Crippen LogP contribution in [0.1, 0.15) is 47.5 Å². The third kappa shape index (κ3) is 2.21. The van der Waals surface area contributed by atoms with Crippen molar-refractivity contribution >= 4 is 0 Å². The lowest BCUT2D eigenvalue weighted by atomic mass is 9.50. The van der Waals surface area contributed by atoms with E-state index in [1.807, 2.05) is 0 Å². The van der Waals surface area contributed by atoms with Crippen molar-refractivity contribution in [3.05, 3.63) is 0 Å². The molecule has 3 unspecified atom stereocenters. The zero-order valence-corrected chi connectivity index (χ0v) is 11.0. The monoisotopic (exact) mass is 212 g/mol. The standard InChI is InChI=1S/C13H28N2/c1-6-12(2,3)9(8-14)11-10(15)7-13(11,4)5/h9-11H,6-8,14-15H2,1-5H3. The highest BCUT2D eigenvalue weighted by Gasteiger charge is 2.51. The average Bonchev–Trinajstić information content (AvgIpc) is 2.12. The molecule has 0 aromatic rings. The van der Waals surface area contributed by atoms with Gasteiger partial charge in [0.25, 0.3) is 0 Å². The first-order valence-electron chi connectivity index (χ1n) is 6.22. The van der Waals surface area contributed by atoms with Crippen LogP contribution in [0.5, 0.6) is 0 Å². The second-order valence-corrected chi connectivity index (χ2v) is 6.57. The molecule has 0 bridgehead atoms. The van der Waals surface area contributed by atoms with E-state index in [2.05, 4.69) is 34.6 Å². The highest BCUT2D eigenvalue weighted by atomic mass is 14.8. The summed E-state index contributed by atoms with van der Waals surface area (Å²) < 4.78 is 0. The molecular weight excluding hydrogens is 184 g/mol. The van der Waals surface area contributed by atoms with Gasteiger partial charge in [-0.05, 0) is 35.6 Å². The lowest BCUT2D eigenvalue weighted by molar-refractivity contribution is -0.0480. The molecular formula is C13H28N2. The van der Waals surface area contributed by atoms with Gasteiger partial charge >= 0.3 is 0 Å². The van der Waals surface area contributed by atoms with Gasteiger partial charge in [-0.1, -0.05) is 41.0 Å². The lowest BCUT2D eigenvalue weighted by Crippen LogP contribution is -2.60. The van der Waals surface area contributed by atoms with E-state index in [0.717, 1.165) is 13.0 Å². The predicted molar refractivity (Wildman–Crippen MR) is 66.5 cm³/mol. The SMILES string of the molecule is CCC(C)(C)C(CN)C1C(N)CC1(C)C. The minimum absolute atomic E-state index is 0.314. The maximum Gasteiger partial charge on any atom is 0.00807 e. The first-order valence-corrected chi connectivity index (χ1v) is 6.22. The third-order valence-electron chi connectivity index (χ3n) is 4.73. The molecule has 1 aliphatic rings. The number of rotatable bonds is 4. The van der Waals surface area contributed by atoms with Crippen LogP contribution in [-0.4, -0.2) is 12.6 Å². The van der Waals surface area contributed by atoms with Crippen molar-refractivity contribution in [1.29, 1.82) is 0 Å². The molecule has 2 nitrogen and oxygen atoms in total. The molecule has 0 aromatic carbocycles.